The lowest BCUT2D eigenvalue weighted by molar-refractivity contribution is -0.0447. The van der Waals surface area contributed by atoms with E-state index in [0.717, 1.165) is 11.3 Å². The maximum absolute atomic E-state index is 12.0. The van der Waals surface area contributed by atoms with Gasteiger partial charge >= 0.3 is 15.5 Å². The molecule has 1 rings (SSSR count). The summed E-state index contributed by atoms with van der Waals surface area (Å²) in [4.78, 5) is 0. The number of alkyl halides is 3. The van der Waals surface area contributed by atoms with Gasteiger partial charge in [-0.25, -0.2) is 13.1 Å². The Morgan fingerprint density at radius 3 is 2.36 bits per heavy atom. The van der Waals surface area contributed by atoms with E-state index >= 15 is 0 Å². The lowest BCUT2D eigenvalue weighted by atomic mass is 10.2. The predicted octanol–water partition coefficient (Wildman–Crippen LogP) is 2.66. The van der Waals surface area contributed by atoms with Crippen LogP contribution in [0, 0.1) is 11.8 Å². The molecule has 0 heterocycles. The number of ether oxygens (including phenoxy) is 1. The Morgan fingerprint density at radius 1 is 1.18 bits per heavy atom. The van der Waals surface area contributed by atoms with E-state index in [1.165, 1.54) is 4.72 Å². The molecular weight excluding hydrogens is 319 g/mol. The van der Waals surface area contributed by atoms with E-state index in [1.54, 1.807) is 31.4 Å². The fourth-order valence-corrected chi connectivity index (χ4v) is 2.04. The van der Waals surface area contributed by atoms with Crippen LogP contribution in [0.3, 0.4) is 0 Å². The SMILES string of the molecule is COc1ccc(C#CCCCCNS(=O)(=O)C(F)(F)F)cc1. The van der Waals surface area contributed by atoms with Gasteiger partial charge in [-0.05, 0) is 37.1 Å². The normalized spacial score (nSPS) is 11.6. The largest absolute Gasteiger partial charge is 0.511 e. The first-order valence-electron chi connectivity index (χ1n) is 6.45. The number of sulfonamides is 1. The van der Waals surface area contributed by atoms with Gasteiger partial charge in [-0.1, -0.05) is 11.8 Å². The number of methoxy groups -OCH3 is 1. The summed E-state index contributed by atoms with van der Waals surface area (Å²) in [6.45, 7) is -0.258. The standard InChI is InChI=1S/C14H16F3NO3S/c1-21-13-9-7-12(8-10-13)6-4-2-3-5-11-18-22(19,20)14(15,16)17/h7-10,18H,2-3,5,11H2,1H3. The summed E-state index contributed by atoms with van der Waals surface area (Å²) in [6, 6.07) is 7.14. The average Bonchev–Trinajstić information content (AvgIpc) is 2.45. The van der Waals surface area contributed by atoms with Gasteiger partial charge in [-0.15, -0.1) is 0 Å². The van der Waals surface area contributed by atoms with Crippen molar-refractivity contribution in [2.45, 2.75) is 24.8 Å². The molecule has 0 bridgehead atoms. The van der Waals surface area contributed by atoms with Crippen molar-refractivity contribution in [3.63, 3.8) is 0 Å². The third-order valence-electron chi connectivity index (χ3n) is 2.65. The number of benzene rings is 1. The van der Waals surface area contributed by atoms with Crippen LogP contribution >= 0.6 is 0 Å². The molecule has 22 heavy (non-hydrogen) atoms. The molecule has 0 aliphatic carbocycles. The molecule has 0 saturated heterocycles. The second kappa shape index (κ2) is 8.06. The number of nitrogens with one attached hydrogen (secondary N) is 1. The zero-order valence-corrected chi connectivity index (χ0v) is 12.7. The number of rotatable bonds is 6. The van der Waals surface area contributed by atoms with Crippen molar-refractivity contribution in [2.75, 3.05) is 13.7 Å². The van der Waals surface area contributed by atoms with Gasteiger partial charge in [0, 0.05) is 18.5 Å². The molecular formula is C14H16F3NO3S. The quantitative estimate of drug-likeness (QED) is 0.642. The minimum atomic E-state index is -5.26. The van der Waals surface area contributed by atoms with Crippen molar-refractivity contribution in [1.82, 2.24) is 4.72 Å². The van der Waals surface area contributed by atoms with Gasteiger partial charge in [-0.2, -0.15) is 13.2 Å². The number of hydrogen-bond acceptors (Lipinski definition) is 3. The lowest BCUT2D eigenvalue weighted by Crippen LogP contribution is -2.36. The van der Waals surface area contributed by atoms with Crippen LogP contribution in [0.5, 0.6) is 5.75 Å². The highest BCUT2D eigenvalue weighted by atomic mass is 32.2. The number of hydrogen-bond donors (Lipinski definition) is 1. The van der Waals surface area contributed by atoms with Crippen LogP contribution in [0.15, 0.2) is 24.3 Å². The van der Waals surface area contributed by atoms with Gasteiger partial charge in [0.2, 0.25) is 0 Å². The maximum atomic E-state index is 12.0. The lowest BCUT2D eigenvalue weighted by Gasteiger charge is -2.08. The van der Waals surface area contributed by atoms with E-state index in [4.69, 9.17) is 4.74 Å². The van der Waals surface area contributed by atoms with Crippen molar-refractivity contribution in [2.24, 2.45) is 0 Å². The summed E-state index contributed by atoms with van der Waals surface area (Å²) in [5.74, 6) is 6.50. The van der Waals surface area contributed by atoms with E-state index in [1.807, 2.05) is 0 Å². The Kier molecular flexibility index (Phi) is 6.71. The van der Waals surface area contributed by atoms with Crippen molar-refractivity contribution in [3.05, 3.63) is 29.8 Å². The van der Waals surface area contributed by atoms with Gasteiger partial charge in [0.05, 0.1) is 7.11 Å². The van der Waals surface area contributed by atoms with Crippen LogP contribution in [0.4, 0.5) is 13.2 Å². The first-order chi connectivity index (χ1) is 10.3. The van der Waals surface area contributed by atoms with Gasteiger partial charge in [0.1, 0.15) is 5.75 Å². The second-order valence-electron chi connectivity index (χ2n) is 4.33. The molecule has 1 N–H and O–H groups in total. The highest BCUT2D eigenvalue weighted by Crippen LogP contribution is 2.21. The summed E-state index contributed by atoms with van der Waals surface area (Å²) in [5, 5.41) is 0. The van der Waals surface area contributed by atoms with Crippen LogP contribution in [0.1, 0.15) is 24.8 Å². The number of halogens is 3. The van der Waals surface area contributed by atoms with Crippen molar-refractivity contribution < 1.29 is 26.3 Å². The van der Waals surface area contributed by atoms with Crippen LogP contribution < -0.4 is 9.46 Å². The molecule has 0 radical (unpaired) electrons. The molecule has 0 spiro atoms. The molecule has 0 saturated carbocycles. The van der Waals surface area contributed by atoms with Crippen LogP contribution in [-0.2, 0) is 10.0 Å². The first kappa shape index (κ1) is 18.3. The molecule has 122 valence electrons. The third kappa shape index (κ3) is 5.95. The molecule has 0 fully saturated rings. The minimum Gasteiger partial charge on any atom is -0.497 e. The van der Waals surface area contributed by atoms with Crippen LogP contribution in [0.25, 0.3) is 0 Å². The monoisotopic (exact) mass is 335 g/mol. The molecule has 0 amide bonds. The molecule has 0 aliphatic heterocycles. The van der Waals surface area contributed by atoms with Crippen LogP contribution in [0.2, 0.25) is 0 Å². The summed E-state index contributed by atoms with van der Waals surface area (Å²) >= 11 is 0. The van der Waals surface area contributed by atoms with E-state index < -0.39 is 15.5 Å². The van der Waals surface area contributed by atoms with Gasteiger partial charge in [0.15, 0.2) is 0 Å². The molecule has 8 heteroatoms. The molecule has 0 atom stereocenters. The van der Waals surface area contributed by atoms with E-state index in [9.17, 15) is 21.6 Å². The van der Waals surface area contributed by atoms with E-state index in [0.29, 0.717) is 12.8 Å². The first-order valence-corrected chi connectivity index (χ1v) is 7.93. The Bertz CT molecular complexity index is 628. The van der Waals surface area contributed by atoms with Gasteiger partial charge < -0.3 is 4.74 Å². The Labute approximate surface area is 127 Å². The zero-order chi connectivity index (χ0) is 16.6. The minimum absolute atomic E-state index is 0.258. The van der Waals surface area contributed by atoms with Crippen molar-refractivity contribution in [1.29, 1.82) is 0 Å². The molecule has 0 unspecified atom stereocenters. The Balaban J connectivity index is 2.28. The molecule has 0 aliphatic rings. The summed E-state index contributed by atoms with van der Waals surface area (Å²) in [6.07, 6.45) is 1.26. The molecule has 4 nitrogen and oxygen atoms in total. The molecule has 1 aromatic carbocycles. The Hall–Kier alpha value is -1.72. The van der Waals surface area contributed by atoms with Gasteiger partial charge in [0.25, 0.3) is 0 Å². The number of unbranched alkanes of at least 4 members (excludes halogenated alkanes) is 2. The fourth-order valence-electron chi connectivity index (χ4n) is 1.47. The zero-order valence-electron chi connectivity index (χ0n) is 11.9. The maximum Gasteiger partial charge on any atom is 0.511 e. The predicted molar refractivity (Wildman–Crippen MR) is 76.7 cm³/mol. The summed E-state index contributed by atoms with van der Waals surface area (Å²) < 4.78 is 64.0. The molecule has 1 aromatic rings. The van der Waals surface area contributed by atoms with E-state index in [-0.39, 0.29) is 13.0 Å². The fraction of sp³-hybridized carbons (Fsp3) is 0.429. The summed E-state index contributed by atoms with van der Waals surface area (Å²) in [7, 11) is -3.67. The highest BCUT2D eigenvalue weighted by molar-refractivity contribution is 7.90. The Morgan fingerprint density at radius 2 is 1.82 bits per heavy atom. The van der Waals surface area contributed by atoms with Crippen LogP contribution in [-0.4, -0.2) is 27.6 Å². The average molecular weight is 335 g/mol. The smallest absolute Gasteiger partial charge is 0.497 e. The van der Waals surface area contributed by atoms with Gasteiger partial charge in [-0.3, -0.25) is 0 Å². The topological polar surface area (TPSA) is 55.4 Å². The highest BCUT2D eigenvalue weighted by Gasteiger charge is 2.45. The second-order valence-corrected chi connectivity index (χ2v) is 6.09. The van der Waals surface area contributed by atoms with Crippen molar-refractivity contribution >= 4 is 10.0 Å². The molecule has 0 aromatic heterocycles. The third-order valence-corrected chi connectivity index (χ3v) is 3.84. The van der Waals surface area contributed by atoms with E-state index in [2.05, 4.69) is 11.8 Å². The summed E-state index contributed by atoms with van der Waals surface area (Å²) in [5.41, 5.74) is -4.46. The van der Waals surface area contributed by atoms with Crippen molar-refractivity contribution in [3.8, 4) is 17.6 Å².